The first-order valence-electron chi connectivity index (χ1n) is 4.58. The largest absolute Gasteiger partial charge is 0.454 e. The van der Waals surface area contributed by atoms with Crippen LogP contribution in [0.5, 0.6) is 11.5 Å². The fourth-order valence-electron chi connectivity index (χ4n) is 1.70. The lowest BCUT2D eigenvalue weighted by atomic mass is 10.1. The highest BCUT2D eigenvalue weighted by Gasteiger charge is 2.15. The molecule has 0 saturated heterocycles. The van der Waals surface area contributed by atoms with E-state index in [4.69, 9.17) is 13.9 Å². The highest BCUT2D eigenvalue weighted by Crippen LogP contribution is 2.35. The third kappa shape index (κ3) is 1.18. The van der Waals surface area contributed by atoms with Crippen molar-refractivity contribution in [2.45, 2.75) is 6.92 Å². The highest BCUT2D eigenvalue weighted by molar-refractivity contribution is 5.85. The standard InChI is InChI=1S/C11H8O4/c1-6-2-7-3-9-10(14-5-13-9)4-8(7)11(12)15-6/h2-4H,5H2,1H3. The monoisotopic (exact) mass is 204 g/mol. The van der Waals surface area contributed by atoms with Crippen LogP contribution < -0.4 is 15.1 Å². The zero-order chi connectivity index (χ0) is 10.4. The Hall–Kier alpha value is -1.97. The molecule has 2 heterocycles. The first-order chi connectivity index (χ1) is 7.24. The topological polar surface area (TPSA) is 48.7 Å². The molecule has 0 saturated carbocycles. The van der Waals surface area contributed by atoms with Gasteiger partial charge in [-0.15, -0.1) is 0 Å². The van der Waals surface area contributed by atoms with Gasteiger partial charge in [0.05, 0.1) is 5.39 Å². The molecule has 0 atom stereocenters. The van der Waals surface area contributed by atoms with Crippen molar-refractivity contribution in [1.29, 1.82) is 0 Å². The zero-order valence-electron chi connectivity index (χ0n) is 8.07. The third-order valence-electron chi connectivity index (χ3n) is 2.38. The minimum absolute atomic E-state index is 0.204. The molecule has 1 aromatic heterocycles. The summed E-state index contributed by atoms with van der Waals surface area (Å²) >= 11 is 0. The Bertz CT molecular complexity index is 597. The van der Waals surface area contributed by atoms with Crippen molar-refractivity contribution >= 4 is 10.8 Å². The number of hydrogen-bond donors (Lipinski definition) is 0. The Labute approximate surface area is 85.0 Å². The van der Waals surface area contributed by atoms with Gasteiger partial charge in [0.15, 0.2) is 11.5 Å². The van der Waals surface area contributed by atoms with Gasteiger partial charge in [-0.1, -0.05) is 0 Å². The number of benzene rings is 1. The van der Waals surface area contributed by atoms with E-state index in [0.717, 1.165) is 5.39 Å². The van der Waals surface area contributed by atoms with Crippen molar-refractivity contribution < 1.29 is 13.9 Å². The van der Waals surface area contributed by atoms with E-state index >= 15 is 0 Å². The second-order valence-electron chi connectivity index (χ2n) is 3.44. The van der Waals surface area contributed by atoms with Crippen molar-refractivity contribution in [2.24, 2.45) is 0 Å². The molecule has 4 heteroatoms. The zero-order valence-corrected chi connectivity index (χ0v) is 8.07. The summed E-state index contributed by atoms with van der Waals surface area (Å²) in [5, 5.41) is 1.33. The second kappa shape index (κ2) is 2.76. The molecule has 4 nitrogen and oxygen atoms in total. The average Bonchev–Trinajstić information content (AvgIpc) is 2.61. The molecular weight excluding hydrogens is 196 g/mol. The molecule has 1 aromatic carbocycles. The minimum atomic E-state index is -0.344. The van der Waals surface area contributed by atoms with Gasteiger partial charge < -0.3 is 13.9 Å². The molecule has 0 radical (unpaired) electrons. The van der Waals surface area contributed by atoms with Crippen molar-refractivity contribution in [3.63, 3.8) is 0 Å². The maximum Gasteiger partial charge on any atom is 0.343 e. The average molecular weight is 204 g/mol. The Kier molecular flexibility index (Phi) is 1.54. The van der Waals surface area contributed by atoms with E-state index in [-0.39, 0.29) is 12.4 Å². The van der Waals surface area contributed by atoms with E-state index < -0.39 is 0 Å². The summed E-state index contributed by atoms with van der Waals surface area (Å²) in [4.78, 5) is 11.5. The summed E-state index contributed by atoms with van der Waals surface area (Å²) in [5.74, 6) is 1.86. The lowest BCUT2D eigenvalue weighted by Crippen LogP contribution is -1.99. The Morgan fingerprint density at radius 3 is 2.67 bits per heavy atom. The second-order valence-corrected chi connectivity index (χ2v) is 3.44. The van der Waals surface area contributed by atoms with Gasteiger partial charge in [-0.2, -0.15) is 0 Å². The third-order valence-corrected chi connectivity index (χ3v) is 2.38. The molecule has 3 rings (SSSR count). The molecule has 0 amide bonds. The Balaban J connectivity index is 2.43. The predicted molar refractivity (Wildman–Crippen MR) is 53.3 cm³/mol. The molecule has 1 aliphatic heterocycles. The van der Waals surface area contributed by atoms with Gasteiger partial charge in [-0.25, -0.2) is 4.79 Å². The van der Waals surface area contributed by atoms with Crippen LogP contribution in [-0.4, -0.2) is 6.79 Å². The lowest BCUT2D eigenvalue weighted by molar-refractivity contribution is 0.174. The van der Waals surface area contributed by atoms with Crippen molar-refractivity contribution in [3.05, 3.63) is 34.4 Å². The summed E-state index contributed by atoms with van der Waals surface area (Å²) in [5.41, 5.74) is -0.344. The van der Waals surface area contributed by atoms with E-state index in [0.29, 0.717) is 22.6 Å². The summed E-state index contributed by atoms with van der Waals surface area (Å²) < 4.78 is 15.4. The predicted octanol–water partition coefficient (Wildman–Crippen LogP) is 1.83. The van der Waals surface area contributed by atoms with Crippen LogP contribution in [0, 0.1) is 6.92 Å². The summed E-state index contributed by atoms with van der Waals surface area (Å²) in [6.07, 6.45) is 0. The van der Waals surface area contributed by atoms with Crippen LogP contribution in [0.4, 0.5) is 0 Å². The van der Waals surface area contributed by atoms with Crippen LogP contribution in [0.3, 0.4) is 0 Å². The fourth-order valence-corrected chi connectivity index (χ4v) is 1.70. The molecule has 0 aliphatic carbocycles. The molecule has 2 aromatic rings. The van der Waals surface area contributed by atoms with Crippen LogP contribution in [-0.2, 0) is 0 Å². The molecule has 0 N–H and O–H groups in total. The Morgan fingerprint density at radius 1 is 1.13 bits per heavy atom. The van der Waals surface area contributed by atoms with Crippen LogP contribution in [0.25, 0.3) is 10.8 Å². The van der Waals surface area contributed by atoms with E-state index in [1.807, 2.05) is 0 Å². The smallest absolute Gasteiger partial charge is 0.343 e. The van der Waals surface area contributed by atoms with Crippen LogP contribution >= 0.6 is 0 Å². The first-order valence-corrected chi connectivity index (χ1v) is 4.58. The SMILES string of the molecule is Cc1cc2cc3c(cc2c(=O)o1)OCO3. The van der Waals surface area contributed by atoms with Crippen LogP contribution in [0.15, 0.2) is 27.4 Å². The maximum absolute atomic E-state index is 11.5. The molecule has 76 valence electrons. The van der Waals surface area contributed by atoms with Gasteiger partial charge in [0.1, 0.15) is 5.76 Å². The summed E-state index contributed by atoms with van der Waals surface area (Å²) in [6, 6.07) is 5.25. The molecule has 0 fully saturated rings. The highest BCUT2D eigenvalue weighted by atomic mass is 16.7. The fraction of sp³-hybridized carbons (Fsp3) is 0.182. The van der Waals surface area contributed by atoms with Gasteiger partial charge in [0, 0.05) is 0 Å². The number of aryl methyl sites for hydroxylation is 1. The van der Waals surface area contributed by atoms with Gasteiger partial charge >= 0.3 is 5.63 Å². The van der Waals surface area contributed by atoms with Gasteiger partial charge in [-0.3, -0.25) is 0 Å². The van der Waals surface area contributed by atoms with Gasteiger partial charge in [0.2, 0.25) is 6.79 Å². The van der Waals surface area contributed by atoms with Crippen molar-refractivity contribution in [2.75, 3.05) is 6.79 Å². The summed E-state index contributed by atoms with van der Waals surface area (Å²) in [7, 11) is 0. The number of ether oxygens (including phenoxy) is 2. The minimum Gasteiger partial charge on any atom is -0.454 e. The molecule has 0 unspecified atom stereocenters. The van der Waals surface area contributed by atoms with Crippen molar-refractivity contribution in [1.82, 2.24) is 0 Å². The molecule has 15 heavy (non-hydrogen) atoms. The lowest BCUT2D eigenvalue weighted by Gasteiger charge is -2.00. The molecule has 0 spiro atoms. The van der Waals surface area contributed by atoms with Crippen LogP contribution in [0.2, 0.25) is 0 Å². The number of hydrogen-bond acceptors (Lipinski definition) is 4. The van der Waals surface area contributed by atoms with E-state index in [9.17, 15) is 4.79 Å². The quantitative estimate of drug-likeness (QED) is 0.656. The molecule has 1 aliphatic rings. The molecule has 0 bridgehead atoms. The van der Waals surface area contributed by atoms with Crippen molar-refractivity contribution in [3.8, 4) is 11.5 Å². The maximum atomic E-state index is 11.5. The number of rotatable bonds is 0. The van der Waals surface area contributed by atoms with Gasteiger partial charge in [-0.05, 0) is 30.5 Å². The summed E-state index contributed by atoms with van der Waals surface area (Å²) in [6.45, 7) is 1.95. The first kappa shape index (κ1) is 8.35. The van der Waals surface area contributed by atoms with Crippen LogP contribution in [0.1, 0.15) is 5.76 Å². The normalized spacial score (nSPS) is 13.4. The molecular formula is C11H8O4. The van der Waals surface area contributed by atoms with E-state index in [1.165, 1.54) is 0 Å². The van der Waals surface area contributed by atoms with E-state index in [2.05, 4.69) is 0 Å². The number of fused-ring (bicyclic) bond motifs is 2. The van der Waals surface area contributed by atoms with Gasteiger partial charge in [0.25, 0.3) is 0 Å². The Morgan fingerprint density at radius 2 is 1.87 bits per heavy atom. The van der Waals surface area contributed by atoms with E-state index in [1.54, 1.807) is 25.1 Å².